The lowest BCUT2D eigenvalue weighted by molar-refractivity contribution is 0.101. The first kappa shape index (κ1) is 15.5. The molecule has 0 aliphatic heterocycles. The van der Waals surface area contributed by atoms with Crippen molar-refractivity contribution in [3.63, 3.8) is 0 Å². The molecule has 1 aromatic heterocycles. The molecule has 0 atom stereocenters. The molecule has 0 saturated carbocycles. The number of ketones is 1. The lowest BCUT2D eigenvalue weighted by atomic mass is 10.00. The fraction of sp³-hybridized carbons (Fsp3) is 0.294. The fourth-order valence-electron chi connectivity index (χ4n) is 2.28. The van der Waals surface area contributed by atoms with Crippen LogP contribution in [0.4, 0.5) is 0 Å². The summed E-state index contributed by atoms with van der Waals surface area (Å²) in [5.74, 6) is 0.883. The van der Waals surface area contributed by atoms with E-state index in [1.165, 1.54) is 18.1 Å². The zero-order chi connectivity index (χ0) is 15.7. The molecule has 0 fully saturated rings. The Morgan fingerprint density at radius 2 is 1.76 bits per heavy atom. The lowest BCUT2D eigenvalue weighted by Gasteiger charge is -2.16. The van der Waals surface area contributed by atoms with Gasteiger partial charge in [0, 0.05) is 0 Å². The molecular formula is C17H18ClNO2. The third-order valence-electron chi connectivity index (χ3n) is 3.69. The highest BCUT2D eigenvalue weighted by atomic mass is 35.5. The van der Waals surface area contributed by atoms with Gasteiger partial charge in [-0.3, -0.25) is 4.79 Å². The molecule has 0 aliphatic rings. The third kappa shape index (κ3) is 3.08. The zero-order valence-electron chi connectivity index (χ0n) is 12.9. The van der Waals surface area contributed by atoms with E-state index in [1.807, 2.05) is 20.8 Å². The number of benzene rings is 1. The molecule has 0 amide bonds. The molecule has 21 heavy (non-hydrogen) atoms. The van der Waals surface area contributed by atoms with E-state index < -0.39 is 0 Å². The summed E-state index contributed by atoms with van der Waals surface area (Å²) in [5, 5.41) is 0.300. The van der Waals surface area contributed by atoms with Crippen molar-refractivity contribution in [2.45, 2.75) is 34.6 Å². The smallest absolute Gasteiger partial charge is 0.231 e. The zero-order valence-corrected chi connectivity index (χ0v) is 13.6. The number of Topliss-reactive ketones (excluding diaryl/α,β-unsaturated/α-hetero) is 1. The number of carbonyl (C=O) groups is 1. The van der Waals surface area contributed by atoms with Gasteiger partial charge in [-0.1, -0.05) is 17.7 Å². The minimum Gasteiger partial charge on any atom is -0.438 e. The Bertz CT molecular complexity index is 723. The van der Waals surface area contributed by atoms with E-state index in [9.17, 15) is 4.79 Å². The third-order valence-corrected chi connectivity index (χ3v) is 3.90. The van der Waals surface area contributed by atoms with E-state index in [4.69, 9.17) is 16.3 Å². The van der Waals surface area contributed by atoms with Crippen LogP contribution >= 0.6 is 11.6 Å². The standard InChI is InChI=1S/C17H18ClNO2/c1-9-8-10(2)16(12(4)11(9)3)21-17-14(13(5)20)6-7-15(18)19-17/h6-8H,1-5H3. The van der Waals surface area contributed by atoms with E-state index in [-0.39, 0.29) is 11.7 Å². The topological polar surface area (TPSA) is 39.2 Å². The highest BCUT2D eigenvalue weighted by molar-refractivity contribution is 6.29. The molecule has 0 saturated heterocycles. The number of ether oxygens (including phenoxy) is 1. The first-order chi connectivity index (χ1) is 9.81. The number of nitrogens with zero attached hydrogens (tertiary/aromatic N) is 1. The van der Waals surface area contributed by atoms with Crippen LogP contribution < -0.4 is 4.74 Å². The number of aryl methyl sites for hydroxylation is 2. The molecule has 4 heteroatoms. The van der Waals surface area contributed by atoms with E-state index >= 15 is 0 Å². The maximum Gasteiger partial charge on any atom is 0.231 e. The number of carbonyl (C=O) groups excluding carboxylic acids is 1. The van der Waals surface area contributed by atoms with E-state index in [0.717, 1.165) is 16.9 Å². The predicted molar refractivity (Wildman–Crippen MR) is 84.7 cm³/mol. The molecule has 1 aromatic carbocycles. The quantitative estimate of drug-likeness (QED) is 0.594. The van der Waals surface area contributed by atoms with Crippen molar-refractivity contribution in [2.75, 3.05) is 0 Å². The monoisotopic (exact) mass is 303 g/mol. The van der Waals surface area contributed by atoms with E-state index in [1.54, 1.807) is 12.1 Å². The molecule has 2 rings (SSSR count). The van der Waals surface area contributed by atoms with Gasteiger partial charge in [0.15, 0.2) is 5.78 Å². The van der Waals surface area contributed by atoms with Gasteiger partial charge < -0.3 is 4.74 Å². The minimum absolute atomic E-state index is 0.103. The summed E-state index contributed by atoms with van der Waals surface area (Å²) < 4.78 is 5.93. The van der Waals surface area contributed by atoms with Crippen molar-refractivity contribution < 1.29 is 9.53 Å². The van der Waals surface area contributed by atoms with Crippen LogP contribution in [0.5, 0.6) is 11.6 Å². The molecule has 0 bridgehead atoms. The van der Waals surface area contributed by atoms with E-state index in [0.29, 0.717) is 10.7 Å². The molecule has 0 N–H and O–H groups in total. The largest absolute Gasteiger partial charge is 0.438 e. The molecule has 0 aliphatic carbocycles. The SMILES string of the molecule is CC(=O)c1ccc(Cl)nc1Oc1c(C)cc(C)c(C)c1C. The lowest BCUT2D eigenvalue weighted by Crippen LogP contribution is -2.02. The number of rotatable bonds is 3. The molecule has 1 heterocycles. The summed E-state index contributed by atoms with van der Waals surface area (Å²) in [6.07, 6.45) is 0. The van der Waals surface area contributed by atoms with Gasteiger partial charge in [-0.15, -0.1) is 0 Å². The Morgan fingerprint density at radius 1 is 1.10 bits per heavy atom. The number of hydrogen-bond donors (Lipinski definition) is 0. The van der Waals surface area contributed by atoms with Crippen LogP contribution in [0.1, 0.15) is 39.5 Å². The first-order valence-electron chi connectivity index (χ1n) is 6.74. The van der Waals surface area contributed by atoms with Crippen LogP contribution in [-0.4, -0.2) is 10.8 Å². The highest BCUT2D eigenvalue weighted by Crippen LogP contribution is 2.33. The Kier molecular flexibility index (Phi) is 4.33. The van der Waals surface area contributed by atoms with Crippen LogP contribution in [0.15, 0.2) is 18.2 Å². The summed E-state index contributed by atoms with van der Waals surface area (Å²) in [4.78, 5) is 15.8. The molecular weight excluding hydrogens is 286 g/mol. The maximum absolute atomic E-state index is 11.7. The van der Waals surface area contributed by atoms with Crippen LogP contribution in [0.25, 0.3) is 0 Å². The van der Waals surface area contributed by atoms with Crippen molar-refractivity contribution in [3.8, 4) is 11.6 Å². The van der Waals surface area contributed by atoms with Crippen LogP contribution in [0.3, 0.4) is 0 Å². The van der Waals surface area contributed by atoms with Crippen LogP contribution in [-0.2, 0) is 0 Å². The van der Waals surface area contributed by atoms with Gasteiger partial charge in [-0.25, -0.2) is 4.98 Å². The summed E-state index contributed by atoms with van der Waals surface area (Å²) in [7, 11) is 0. The van der Waals surface area contributed by atoms with Crippen molar-refractivity contribution in [1.29, 1.82) is 0 Å². The van der Waals surface area contributed by atoms with Crippen molar-refractivity contribution in [3.05, 3.63) is 51.2 Å². The molecule has 2 aromatic rings. The Labute approximate surface area is 129 Å². The second-order valence-electron chi connectivity index (χ2n) is 5.23. The van der Waals surface area contributed by atoms with Crippen LogP contribution in [0, 0.1) is 27.7 Å². The normalized spacial score (nSPS) is 10.6. The van der Waals surface area contributed by atoms with Gasteiger partial charge in [0.05, 0.1) is 5.56 Å². The van der Waals surface area contributed by atoms with Gasteiger partial charge in [-0.2, -0.15) is 0 Å². The summed E-state index contributed by atoms with van der Waals surface area (Å²) in [6, 6.07) is 5.29. The fourth-order valence-corrected chi connectivity index (χ4v) is 2.42. The van der Waals surface area contributed by atoms with Crippen molar-refractivity contribution in [1.82, 2.24) is 4.98 Å². The average molecular weight is 304 g/mol. The Hall–Kier alpha value is -1.87. The van der Waals surface area contributed by atoms with Gasteiger partial charge in [-0.05, 0) is 69.0 Å². The molecule has 0 radical (unpaired) electrons. The van der Waals surface area contributed by atoms with Gasteiger partial charge >= 0.3 is 0 Å². The minimum atomic E-state index is -0.103. The number of pyridine rings is 1. The molecule has 110 valence electrons. The number of aromatic nitrogens is 1. The molecule has 0 unspecified atom stereocenters. The first-order valence-corrected chi connectivity index (χ1v) is 7.11. The molecule has 0 spiro atoms. The second-order valence-corrected chi connectivity index (χ2v) is 5.62. The van der Waals surface area contributed by atoms with Crippen molar-refractivity contribution in [2.24, 2.45) is 0 Å². The summed E-state index contributed by atoms with van der Waals surface area (Å²) in [5.41, 5.74) is 4.86. The number of hydrogen-bond acceptors (Lipinski definition) is 3. The van der Waals surface area contributed by atoms with E-state index in [2.05, 4.69) is 18.0 Å². The van der Waals surface area contributed by atoms with Crippen LogP contribution in [0.2, 0.25) is 5.15 Å². The summed E-state index contributed by atoms with van der Waals surface area (Å²) in [6.45, 7) is 9.58. The second kappa shape index (κ2) is 5.86. The van der Waals surface area contributed by atoms with Gasteiger partial charge in [0.25, 0.3) is 0 Å². The van der Waals surface area contributed by atoms with Gasteiger partial charge in [0.1, 0.15) is 10.9 Å². The Morgan fingerprint density at radius 3 is 2.38 bits per heavy atom. The van der Waals surface area contributed by atoms with Gasteiger partial charge in [0.2, 0.25) is 5.88 Å². The predicted octanol–water partition coefficient (Wildman–Crippen LogP) is 4.96. The maximum atomic E-state index is 11.7. The molecule has 3 nitrogen and oxygen atoms in total. The number of halogens is 1. The average Bonchev–Trinajstić information content (AvgIpc) is 2.41. The van der Waals surface area contributed by atoms with Crippen molar-refractivity contribution >= 4 is 17.4 Å². The Balaban J connectivity index is 2.55. The highest BCUT2D eigenvalue weighted by Gasteiger charge is 2.16. The summed E-state index contributed by atoms with van der Waals surface area (Å²) >= 11 is 5.92.